The molecule has 1 unspecified atom stereocenters. The predicted molar refractivity (Wildman–Crippen MR) is 109 cm³/mol. The largest absolute Gasteiger partial charge is 0.305 e. The summed E-state index contributed by atoms with van der Waals surface area (Å²) in [5.74, 6) is 0.478. The highest BCUT2D eigenvalue weighted by atomic mass is 19.1. The lowest BCUT2D eigenvalue weighted by Gasteiger charge is -2.34. The van der Waals surface area contributed by atoms with E-state index in [2.05, 4.69) is 30.3 Å². The summed E-state index contributed by atoms with van der Waals surface area (Å²) in [4.78, 5) is 28.2. The smallest absolute Gasteiger partial charge is 0.277 e. The Labute approximate surface area is 174 Å². The van der Waals surface area contributed by atoms with Crippen LogP contribution in [0.2, 0.25) is 0 Å². The van der Waals surface area contributed by atoms with Gasteiger partial charge in [-0.15, -0.1) is 0 Å². The van der Waals surface area contributed by atoms with Crippen molar-refractivity contribution in [3.05, 3.63) is 65.4 Å². The van der Waals surface area contributed by atoms with Crippen molar-refractivity contribution in [2.75, 3.05) is 11.9 Å². The number of nitrogens with zero attached hydrogens (tertiary/aromatic N) is 6. The topological polar surface area (TPSA) is 88.8 Å². The maximum Gasteiger partial charge on any atom is 0.277 e. The molecule has 3 aromatic rings. The lowest BCUT2D eigenvalue weighted by Crippen LogP contribution is -2.34. The number of carbonyl (C=O) groups is 1. The van der Waals surface area contributed by atoms with Gasteiger partial charge in [0.15, 0.2) is 5.69 Å². The first-order chi connectivity index (χ1) is 14.5. The van der Waals surface area contributed by atoms with Crippen LogP contribution in [0.3, 0.4) is 0 Å². The molecule has 1 fully saturated rings. The SMILES string of the molecule is Cc1cc(NC(=O)c2ccn(C)n2)nc(C2CCCCN2Cc2ccc(F)cn2)n1. The Balaban J connectivity index is 1.55. The molecule has 3 aromatic heterocycles. The zero-order chi connectivity index (χ0) is 21.1. The lowest BCUT2D eigenvalue weighted by molar-refractivity contribution is 0.102. The molecule has 0 spiro atoms. The summed E-state index contributed by atoms with van der Waals surface area (Å²) in [6, 6.07) is 6.55. The molecule has 1 saturated heterocycles. The molecule has 8 nitrogen and oxygen atoms in total. The van der Waals surface area contributed by atoms with E-state index in [0.717, 1.165) is 37.2 Å². The molecule has 4 rings (SSSR count). The van der Waals surface area contributed by atoms with E-state index in [9.17, 15) is 9.18 Å². The van der Waals surface area contributed by atoms with Crippen molar-refractivity contribution in [3.63, 3.8) is 0 Å². The van der Waals surface area contributed by atoms with E-state index < -0.39 is 0 Å². The van der Waals surface area contributed by atoms with Crippen molar-refractivity contribution in [2.24, 2.45) is 7.05 Å². The van der Waals surface area contributed by atoms with Crippen molar-refractivity contribution in [1.82, 2.24) is 29.6 Å². The quantitative estimate of drug-likeness (QED) is 0.697. The van der Waals surface area contributed by atoms with Crippen LogP contribution in [0, 0.1) is 12.7 Å². The van der Waals surface area contributed by atoms with Crippen LogP contribution in [0.1, 0.15) is 53.0 Å². The minimum absolute atomic E-state index is 0.0102. The molecule has 0 radical (unpaired) electrons. The van der Waals surface area contributed by atoms with Gasteiger partial charge in [-0.1, -0.05) is 6.42 Å². The number of anilines is 1. The zero-order valence-electron chi connectivity index (χ0n) is 17.0. The fourth-order valence-electron chi connectivity index (χ4n) is 3.70. The van der Waals surface area contributed by atoms with Crippen molar-refractivity contribution >= 4 is 11.7 Å². The highest BCUT2D eigenvalue weighted by Crippen LogP contribution is 2.30. The molecule has 30 heavy (non-hydrogen) atoms. The molecular formula is C21H24FN7O. The molecule has 0 saturated carbocycles. The van der Waals surface area contributed by atoms with Gasteiger partial charge in [0, 0.05) is 31.5 Å². The molecular weight excluding hydrogens is 385 g/mol. The average Bonchev–Trinajstić information content (AvgIpc) is 3.16. The normalized spacial score (nSPS) is 17.1. The second-order valence-corrected chi connectivity index (χ2v) is 7.53. The number of aromatic nitrogens is 5. The Morgan fingerprint density at radius 3 is 2.87 bits per heavy atom. The second kappa shape index (κ2) is 8.66. The summed E-state index contributed by atoms with van der Waals surface area (Å²) >= 11 is 0. The summed E-state index contributed by atoms with van der Waals surface area (Å²) in [6.07, 6.45) is 6.02. The van der Waals surface area contributed by atoms with Gasteiger partial charge in [0.25, 0.3) is 5.91 Å². The van der Waals surface area contributed by atoms with Gasteiger partial charge in [-0.25, -0.2) is 14.4 Å². The van der Waals surface area contributed by atoms with Crippen molar-refractivity contribution in [1.29, 1.82) is 0 Å². The Morgan fingerprint density at radius 1 is 1.27 bits per heavy atom. The van der Waals surface area contributed by atoms with Crippen LogP contribution in [0.5, 0.6) is 0 Å². The van der Waals surface area contributed by atoms with Gasteiger partial charge in [0.05, 0.1) is 17.9 Å². The summed E-state index contributed by atoms with van der Waals surface area (Å²) in [7, 11) is 1.76. The Morgan fingerprint density at radius 2 is 2.13 bits per heavy atom. The van der Waals surface area contributed by atoms with Gasteiger partial charge in [-0.3, -0.25) is 19.4 Å². The maximum absolute atomic E-state index is 13.2. The third kappa shape index (κ3) is 4.68. The number of hydrogen-bond donors (Lipinski definition) is 1. The second-order valence-electron chi connectivity index (χ2n) is 7.53. The summed E-state index contributed by atoms with van der Waals surface area (Å²) < 4.78 is 14.8. The third-order valence-corrected chi connectivity index (χ3v) is 5.12. The first-order valence-corrected chi connectivity index (χ1v) is 9.99. The minimum Gasteiger partial charge on any atom is -0.305 e. The minimum atomic E-state index is -0.343. The number of nitrogens with one attached hydrogen (secondary N) is 1. The van der Waals surface area contributed by atoms with E-state index in [-0.39, 0.29) is 17.8 Å². The van der Waals surface area contributed by atoms with E-state index in [1.807, 2.05) is 6.92 Å². The summed E-state index contributed by atoms with van der Waals surface area (Å²) in [5, 5.41) is 6.95. The summed E-state index contributed by atoms with van der Waals surface area (Å²) in [6.45, 7) is 3.37. The van der Waals surface area contributed by atoms with Crippen LogP contribution in [0.15, 0.2) is 36.7 Å². The highest BCUT2D eigenvalue weighted by molar-refractivity contribution is 6.02. The number of amides is 1. The number of aryl methyl sites for hydroxylation is 2. The average molecular weight is 409 g/mol. The Hall–Kier alpha value is -3.20. The van der Waals surface area contributed by atoms with Crippen LogP contribution < -0.4 is 5.32 Å². The van der Waals surface area contributed by atoms with Crippen molar-refractivity contribution < 1.29 is 9.18 Å². The number of rotatable bonds is 5. The number of piperidine rings is 1. The monoisotopic (exact) mass is 409 g/mol. The van der Waals surface area contributed by atoms with Gasteiger partial charge in [-0.05, 0) is 44.5 Å². The molecule has 1 N–H and O–H groups in total. The fraction of sp³-hybridized carbons (Fsp3) is 0.381. The zero-order valence-corrected chi connectivity index (χ0v) is 17.0. The van der Waals surface area contributed by atoms with Gasteiger partial charge in [-0.2, -0.15) is 5.10 Å². The molecule has 1 atom stereocenters. The first-order valence-electron chi connectivity index (χ1n) is 9.99. The molecule has 4 heterocycles. The van der Waals surface area contributed by atoms with E-state index >= 15 is 0 Å². The molecule has 0 bridgehead atoms. The molecule has 1 aliphatic rings. The standard InChI is InChI=1S/C21H24FN7O/c1-14-11-19(26-21(30)17-8-10-28(2)27-17)25-20(24-14)18-5-3-4-9-29(18)13-16-7-6-15(22)12-23-16/h6-8,10-12,18H,3-5,9,13H2,1-2H3,(H,24,25,26,30). The lowest BCUT2D eigenvalue weighted by atomic mass is 10.0. The van der Waals surface area contributed by atoms with Crippen molar-refractivity contribution in [3.8, 4) is 0 Å². The highest BCUT2D eigenvalue weighted by Gasteiger charge is 2.27. The first kappa shape index (κ1) is 20.1. The van der Waals surface area contributed by atoms with E-state index in [1.165, 1.54) is 12.3 Å². The number of carbonyl (C=O) groups excluding carboxylic acids is 1. The summed E-state index contributed by atoms with van der Waals surface area (Å²) in [5.41, 5.74) is 1.92. The van der Waals surface area contributed by atoms with Gasteiger partial charge < -0.3 is 5.32 Å². The molecule has 9 heteroatoms. The van der Waals surface area contributed by atoms with E-state index in [4.69, 9.17) is 0 Å². The van der Waals surface area contributed by atoms with Crippen LogP contribution in [0.25, 0.3) is 0 Å². The van der Waals surface area contributed by atoms with E-state index in [0.29, 0.717) is 23.9 Å². The third-order valence-electron chi connectivity index (χ3n) is 5.12. The number of pyridine rings is 1. The van der Waals surface area contributed by atoms with Gasteiger partial charge in [0.2, 0.25) is 0 Å². The fourth-order valence-corrected chi connectivity index (χ4v) is 3.70. The van der Waals surface area contributed by atoms with Crippen LogP contribution in [-0.2, 0) is 13.6 Å². The number of hydrogen-bond acceptors (Lipinski definition) is 6. The number of likely N-dealkylation sites (tertiary alicyclic amines) is 1. The van der Waals surface area contributed by atoms with Crippen LogP contribution >= 0.6 is 0 Å². The van der Waals surface area contributed by atoms with E-state index in [1.54, 1.807) is 36.1 Å². The molecule has 0 aromatic carbocycles. The van der Waals surface area contributed by atoms with Crippen LogP contribution in [-0.4, -0.2) is 42.1 Å². The molecule has 156 valence electrons. The van der Waals surface area contributed by atoms with Crippen LogP contribution in [0.4, 0.5) is 10.2 Å². The molecule has 1 amide bonds. The van der Waals surface area contributed by atoms with Gasteiger partial charge in [0.1, 0.15) is 17.5 Å². The van der Waals surface area contributed by atoms with Gasteiger partial charge >= 0.3 is 0 Å². The number of halogens is 1. The molecule has 1 aliphatic heterocycles. The van der Waals surface area contributed by atoms with Crippen molar-refractivity contribution in [2.45, 2.75) is 38.8 Å². The predicted octanol–water partition coefficient (Wildman–Crippen LogP) is 3.03. The Bertz CT molecular complexity index is 1030. The Kier molecular flexibility index (Phi) is 5.80. The maximum atomic E-state index is 13.2. The molecule has 0 aliphatic carbocycles.